The zero-order valence-corrected chi connectivity index (χ0v) is 8.33. The Morgan fingerprint density at radius 2 is 1.73 bits per heavy atom. The molecule has 0 aromatic heterocycles. The smallest absolute Gasteiger partial charge is 0.0527 e. The summed E-state index contributed by atoms with van der Waals surface area (Å²) in [7, 11) is 0.793. The van der Waals surface area contributed by atoms with Crippen LogP contribution in [0.1, 0.15) is 38.5 Å². The summed E-state index contributed by atoms with van der Waals surface area (Å²) in [4.78, 5) is 0. The van der Waals surface area contributed by atoms with Crippen LogP contribution in [-0.2, 0) is 10.9 Å². The number of hydrogen-bond acceptors (Lipinski definition) is 0. The van der Waals surface area contributed by atoms with Crippen molar-refractivity contribution >= 4 is 10.9 Å². The fourth-order valence-corrected chi connectivity index (χ4v) is 5.18. The molecule has 1 heteroatoms. The normalized spacial score (nSPS) is 45.0. The highest BCUT2D eigenvalue weighted by Crippen LogP contribution is 2.36. The molecule has 1 aliphatic carbocycles. The summed E-state index contributed by atoms with van der Waals surface area (Å²) >= 11 is 0. The fraction of sp³-hybridized carbons (Fsp3) is 1.00. The third-order valence-corrected chi connectivity index (χ3v) is 5.98. The SMILES string of the molecule is C[S+]1CCCC2CCCCC21. The Morgan fingerprint density at radius 3 is 2.55 bits per heavy atom. The molecule has 3 atom stereocenters. The second-order valence-corrected chi connectivity index (χ2v) is 6.52. The van der Waals surface area contributed by atoms with E-state index < -0.39 is 0 Å². The van der Waals surface area contributed by atoms with Gasteiger partial charge in [0.05, 0.1) is 6.26 Å². The number of hydrogen-bond donors (Lipinski definition) is 0. The molecule has 0 bridgehead atoms. The van der Waals surface area contributed by atoms with Crippen LogP contribution in [0.3, 0.4) is 0 Å². The first-order valence-electron chi connectivity index (χ1n) is 4.99. The Bertz CT molecular complexity index is 131. The van der Waals surface area contributed by atoms with Crippen LogP contribution < -0.4 is 0 Å². The molecule has 0 amide bonds. The molecule has 1 saturated carbocycles. The first-order chi connectivity index (χ1) is 5.38. The maximum Gasteiger partial charge on any atom is 0.120 e. The summed E-state index contributed by atoms with van der Waals surface area (Å²) in [6.45, 7) is 0. The summed E-state index contributed by atoms with van der Waals surface area (Å²) in [5, 5.41) is 1.15. The molecule has 1 saturated heterocycles. The first-order valence-corrected chi connectivity index (χ1v) is 6.86. The highest BCUT2D eigenvalue weighted by molar-refractivity contribution is 7.96. The van der Waals surface area contributed by atoms with Crippen molar-refractivity contribution in [2.75, 3.05) is 12.0 Å². The molecule has 64 valence electrons. The minimum absolute atomic E-state index is 0.793. The molecule has 1 aliphatic heterocycles. The third kappa shape index (κ3) is 1.58. The Labute approximate surface area is 73.1 Å². The average molecular weight is 171 g/mol. The van der Waals surface area contributed by atoms with E-state index in [1.54, 1.807) is 25.0 Å². The summed E-state index contributed by atoms with van der Waals surface area (Å²) < 4.78 is 0. The van der Waals surface area contributed by atoms with Crippen molar-refractivity contribution in [1.82, 2.24) is 0 Å². The van der Waals surface area contributed by atoms with Gasteiger partial charge in [-0.15, -0.1) is 0 Å². The first kappa shape index (κ1) is 7.97. The van der Waals surface area contributed by atoms with Gasteiger partial charge in [0.2, 0.25) is 0 Å². The predicted molar refractivity (Wildman–Crippen MR) is 53.1 cm³/mol. The Hall–Kier alpha value is 0.350. The fourth-order valence-electron chi connectivity index (χ4n) is 2.76. The molecule has 1 heterocycles. The van der Waals surface area contributed by atoms with E-state index in [1.165, 1.54) is 19.3 Å². The summed E-state index contributed by atoms with van der Waals surface area (Å²) in [6.07, 6.45) is 11.8. The highest BCUT2D eigenvalue weighted by atomic mass is 32.2. The van der Waals surface area contributed by atoms with Gasteiger partial charge in [0, 0.05) is 5.92 Å². The molecular weight excluding hydrogens is 152 g/mol. The third-order valence-electron chi connectivity index (χ3n) is 3.40. The quantitative estimate of drug-likeness (QED) is 0.491. The molecule has 0 nitrogen and oxygen atoms in total. The topological polar surface area (TPSA) is 0 Å². The van der Waals surface area contributed by atoms with E-state index in [9.17, 15) is 0 Å². The van der Waals surface area contributed by atoms with E-state index in [4.69, 9.17) is 0 Å². The average Bonchev–Trinajstić information content (AvgIpc) is 2.06. The van der Waals surface area contributed by atoms with Gasteiger partial charge in [0.1, 0.15) is 11.0 Å². The van der Waals surface area contributed by atoms with Crippen LogP contribution in [0, 0.1) is 5.92 Å². The van der Waals surface area contributed by atoms with E-state index in [0.717, 1.165) is 22.1 Å². The predicted octanol–water partition coefficient (Wildman–Crippen LogP) is 2.59. The Balaban J connectivity index is 1.99. The van der Waals surface area contributed by atoms with Gasteiger partial charge in [-0.05, 0) is 43.0 Å². The molecule has 0 radical (unpaired) electrons. The Morgan fingerprint density at radius 1 is 1.00 bits per heavy atom. The van der Waals surface area contributed by atoms with E-state index in [2.05, 4.69) is 6.26 Å². The molecular formula is C10H19S+. The molecule has 11 heavy (non-hydrogen) atoms. The molecule has 2 aliphatic rings. The molecule has 3 unspecified atom stereocenters. The van der Waals surface area contributed by atoms with Crippen LogP contribution in [0.5, 0.6) is 0 Å². The lowest BCUT2D eigenvalue weighted by Crippen LogP contribution is -2.37. The molecule has 0 spiro atoms. The van der Waals surface area contributed by atoms with E-state index in [-0.39, 0.29) is 0 Å². The van der Waals surface area contributed by atoms with Gasteiger partial charge in [0.15, 0.2) is 0 Å². The zero-order valence-electron chi connectivity index (χ0n) is 7.51. The van der Waals surface area contributed by atoms with Crippen LogP contribution in [0.2, 0.25) is 0 Å². The second kappa shape index (κ2) is 3.38. The van der Waals surface area contributed by atoms with Gasteiger partial charge >= 0.3 is 0 Å². The molecule has 2 rings (SSSR count). The number of fused-ring (bicyclic) bond motifs is 1. The van der Waals surface area contributed by atoms with Gasteiger partial charge in [-0.25, -0.2) is 0 Å². The van der Waals surface area contributed by atoms with Crippen LogP contribution >= 0.6 is 0 Å². The van der Waals surface area contributed by atoms with Crippen molar-refractivity contribution in [3.63, 3.8) is 0 Å². The summed E-state index contributed by atoms with van der Waals surface area (Å²) in [5.41, 5.74) is 0. The summed E-state index contributed by atoms with van der Waals surface area (Å²) in [6, 6.07) is 0. The standard InChI is InChI=1S/C10H19S/c1-11-8-4-6-9-5-2-3-7-10(9)11/h9-10H,2-8H2,1H3/q+1. The minimum atomic E-state index is 0.793. The number of rotatable bonds is 0. The molecule has 0 aromatic rings. The largest absolute Gasteiger partial charge is 0.120 e. The van der Waals surface area contributed by atoms with Crippen LogP contribution in [0.25, 0.3) is 0 Å². The van der Waals surface area contributed by atoms with Crippen LogP contribution in [0.4, 0.5) is 0 Å². The zero-order chi connectivity index (χ0) is 7.68. The van der Waals surface area contributed by atoms with Crippen molar-refractivity contribution < 1.29 is 0 Å². The van der Waals surface area contributed by atoms with Crippen molar-refractivity contribution in [2.24, 2.45) is 5.92 Å². The van der Waals surface area contributed by atoms with Gasteiger partial charge in [0.25, 0.3) is 0 Å². The molecule has 0 aromatic carbocycles. The minimum Gasteiger partial charge on any atom is -0.0527 e. The van der Waals surface area contributed by atoms with Crippen molar-refractivity contribution in [3.05, 3.63) is 0 Å². The lowest BCUT2D eigenvalue weighted by Gasteiger charge is -2.33. The van der Waals surface area contributed by atoms with Gasteiger partial charge < -0.3 is 0 Å². The van der Waals surface area contributed by atoms with E-state index >= 15 is 0 Å². The van der Waals surface area contributed by atoms with Crippen molar-refractivity contribution in [2.45, 2.75) is 43.8 Å². The van der Waals surface area contributed by atoms with Crippen molar-refractivity contribution in [1.29, 1.82) is 0 Å². The monoisotopic (exact) mass is 171 g/mol. The molecule has 2 fully saturated rings. The van der Waals surface area contributed by atoms with Gasteiger partial charge in [-0.3, -0.25) is 0 Å². The van der Waals surface area contributed by atoms with E-state index in [1.807, 2.05) is 0 Å². The van der Waals surface area contributed by atoms with Gasteiger partial charge in [-0.1, -0.05) is 6.42 Å². The summed E-state index contributed by atoms with van der Waals surface area (Å²) in [5.74, 6) is 2.69. The van der Waals surface area contributed by atoms with Crippen LogP contribution in [-0.4, -0.2) is 17.3 Å². The highest BCUT2D eigenvalue weighted by Gasteiger charge is 2.38. The maximum atomic E-state index is 2.50. The van der Waals surface area contributed by atoms with Crippen molar-refractivity contribution in [3.8, 4) is 0 Å². The lowest BCUT2D eigenvalue weighted by molar-refractivity contribution is 0.337. The van der Waals surface area contributed by atoms with E-state index in [0.29, 0.717) is 0 Å². The van der Waals surface area contributed by atoms with Crippen LogP contribution in [0.15, 0.2) is 0 Å². The second-order valence-electron chi connectivity index (χ2n) is 4.12. The molecule has 0 N–H and O–H groups in total. The van der Waals surface area contributed by atoms with Gasteiger partial charge in [-0.2, -0.15) is 0 Å². The maximum absolute atomic E-state index is 2.50. The Kier molecular flexibility index (Phi) is 2.45. The lowest BCUT2D eigenvalue weighted by atomic mass is 9.85.